The molecule has 120 heavy (non-hydrogen) atoms. The Balaban J connectivity index is 0.000000134. The van der Waals surface area contributed by atoms with Crippen LogP contribution < -0.4 is 16.0 Å². The van der Waals surface area contributed by atoms with Crippen LogP contribution in [0.3, 0.4) is 0 Å². The highest BCUT2D eigenvalue weighted by molar-refractivity contribution is 6.03. The van der Waals surface area contributed by atoms with Crippen LogP contribution in [0.4, 0.5) is 8.78 Å². The van der Waals surface area contributed by atoms with Crippen molar-refractivity contribution in [3.63, 3.8) is 0 Å². The van der Waals surface area contributed by atoms with Gasteiger partial charge in [-0.15, -0.1) is 0 Å². The average molecular weight is 1580 g/mol. The standard InChI is InChI=1S/C32H27N7O.2C31H24FN7O/c1-20-26(19-38(4)36-20)15-14-24-12-8-13-25-18-27(30(35-29(24)25)23-10-6-5-7-11-23)21(2)34-32(40)28-22(3)37-39-17-9-16-33-31(28)39;1-19(35-31(40)27-20(2)37-39-14-6-13-33-30(27)39)26-16-24-8-4-7-22(12-11-21-17-34-38(3)18-21)28(24)36-29(26)23-9-5-10-25(32)15-23;1-19(35-31(40)27-20(2)37-39-15-5-14-33-30(27)39)26-16-24-7-4-6-22(9-8-21-17-34-38(3)18-21)28(24)36-29(26)23-10-12-25(32)13-11-23/h5-13,16-19,21H,1-4H3,(H,34,40);4-10,13-19H,1-3H3,(H,35,40);4-7,10-19H,1-3H3,(H,35,40)/t21-;2*19-/m000/s1. The lowest BCUT2D eigenvalue weighted by Gasteiger charge is -2.19. The van der Waals surface area contributed by atoms with Gasteiger partial charge in [0.1, 0.15) is 28.3 Å². The Morgan fingerprint density at radius 3 is 1.12 bits per heavy atom. The Morgan fingerprint density at radius 2 is 0.742 bits per heavy atom. The number of fused-ring (bicyclic) bond motifs is 6. The zero-order chi connectivity index (χ0) is 83.4. The van der Waals surface area contributed by atoms with Crippen LogP contribution in [0.1, 0.15) is 143 Å². The van der Waals surface area contributed by atoms with E-state index in [0.717, 1.165) is 94.3 Å². The first kappa shape index (κ1) is 77.9. The molecule has 0 aliphatic rings. The Bertz CT molecular complexity index is 7260. The summed E-state index contributed by atoms with van der Waals surface area (Å²) in [4.78, 5) is 68.6. The number of pyridine rings is 3. The number of hydrogen-bond donors (Lipinski definition) is 3. The molecule has 3 amide bonds. The first-order valence-electron chi connectivity index (χ1n) is 38.4. The van der Waals surface area contributed by atoms with Crippen LogP contribution in [0.25, 0.3) is 83.4 Å². The van der Waals surface area contributed by atoms with E-state index in [4.69, 9.17) is 15.0 Å². The van der Waals surface area contributed by atoms with Gasteiger partial charge in [0.05, 0.1) is 120 Å². The monoisotopic (exact) mass is 1580 g/mol. The predicted molar refractivity (Wildman–Crippen MR) is 455 cm³/mol. The van der Waals surface area contributed by atoms with Gasteiger partial charge in [0.2, 0.25) is 0 Å². The number of carbonyl (C=O) groups excluding carboxylic acids is 3. The van der Waals surface area contributed by atoms with E-state index in [1.807, 2.05) is 171 Å². The van der Waals surface area contributed by atoms with Crippen molar-refractivity contribution in [3.05, 3.63) is 339 Å². The summed E-state index contributed by atoms with van der Waals surface area (Å²) in [7, 11) is 5.57. The second-order valence-electron chi connectivity index (χ2n) is 28.8. The molecule has 12 heterocycles. The second kappa shape index (κ2) is 33.4. The first-order valence-corrected chi connectivity index (χ1v) is 38.4. The summed E-state index contributed by atoms with van der Waals surface area (Å²) in [5.74, 6) is 17.7. The number of hydrogen-bond acceptors (Lipinski definition) is 15. The molecule has 0 aliphatic carbocycles. The maximum atomic E-state index is 14.3. The maximum Gasteiger partial charge on any atom is 0.257 e. The molecular formula is C94H75F2N21O3. The minimum absolute atomic E-state index is 0.232. The number of aryl methyl sites for hydroxylation is 7. The number of benzene rings is 6. The number of rotatable bonds is 12. The van der Waals surface area contributed by atoms with Crippen molar-refractivity contribution in [2.24, 2.45) is 21.1 Å². The maximum absolute atomic E-state index is 14.3. The predicted octanol–water partition coefficient (Wildman–Crippen LogP) is 15.2. The van der Waals surface area contributed by atoms with Gasteiger partial charge in [-0.3, -0.25) is 28.4 Å². The van der Waals surface area contributed by atoms with Crippen LogP contribution in [-0.4, -0.2) is 106 Å². The summed E-state index contributed by atoms with van der Waals surface area (Å²) in [5.41, 5.74) is 19.1. The average Bonchev–Trinajstić information content (AvgIpc) is 1.18. The fourth-order valence-electron chi connectivity index (χ4n) is 14.4. The first-order chi connectivity index (χ1) is 58.1. The number of amides is 3. The molecule has 0 aliphatic heterocycles. The molecule has 6 aromatic carbocycles. The smallest absolute Gasteiger partial charge is 0.257 e. The highest BCUT2D eigenvalue weighted by Crippen LogP contribution is 2.36. The van der Waals surface area contributed by atoms with E-state index in [0.29, 0.717) is 78.7 Å². The van der Waals surface area contributed by atoms with E-state index in [1.54, 1.807) is 133 Å². The summed E-state index contributed by atoms with van der Waals surface area (Å²) in [5, 5.41) is 38.0. The van der Waals surface area contributed by atoms with Crippen molar-refractivity contribution in [1.29, 1.82) is 0 Å². The molecule has 0 radical (unpaired) electrons. The molecule has 3 atom stereocenters. The van der Waals surface area contributed by atoms with Gasteiger partial charge in [-0.05, 0) is 139 Å². The Labute approximate surface area is 687 Å². The highest BCUT2D eigenvalue weighted by Gasteiger charge is 2.28. The second-order valence-corrected chi connectivity index (χ2v) is 28.8. The number of para-hydroxylation sites is 3. The molecule has 26 heteroatoms. The van der Waals surface area contributed by atoms with E-state index in [-0.39, 0.29) is 35.4 Å². The lowest BCUT2D eigenvalue weighted by atomic mass is 9.97. The highest BCUT2D eigenvalue weighted by atomic mass is 19.1. The molecule has 0 saturated carbocycles. The molecule has 3 N–H and O–H groups in total. The lowest BCUT2D eigenvalue weighted by Crippen LogP contribution is -2.27. The van der Waals surface area contributed by atoms with Crippen molar-refractivity contribution in [1.82, 2.24) is 104 Å². The van der Waals surface area contributed by atoms with Gasteiger partial charge in [0, 0.05) is 126 Å². The molecule has 0 spiro atoms. The van der Waals surface area contributed by atoms with E-state index >= 15 is 0 Å². The quantitative estimate of drug-likeness (QED) is 0.0960. The molecule has 12 aromatic heterocycles. The molecule has 18 rings (SSSR count). The third-order valence-corrected chi connectivity index (χ3v) is 20.2. The Hall–Kier alpha value is -16.0. The lowest BCUT2D eigenvalue weighted by molar-refractivity contribution is 0.0932. The minimum Gasteiger partial charge on any atom is -0.345 e. The van der Waals surface area contributed by atoms with Gasteiger partial charge in [-0.2, -0.15) is 30.6 Å². The van der Waals surface area contributed by atoms with E-state index in [9.17, 15) is 23.2 Å². The normalized spacial score (nSPS) is 11.8. The topological polar surface area (TPSA) is 270 Å². The largest absolute Gasteiger partial charge is 0.345 e. The summed E-state index contributed by atoms with van der Waals surface area (Å²) in [6.07, 6.45) is 19.2. The number of aromatic nitrogens is 18. The van der Waals surface area contributed by atoms with Crippen molar-refractivity contribution in [2.45, 2.75) is 66.6 Å². The van der Waals surface area contributed by atoms with Gasteiger partial charge in [0.25, 0.3) is 17.7 Å². The number of halogens is 2. The third-order valence-electron chi connectivity index (χ3n) is 20.2. The number of carbonyl (C=O) groups is 3. The summed E-state index contributed by atoms with van der Waals surface area (Å²) >= 11 is 0. The van der Waals surface area contributed by atoms with Gasteiger partial charge < -0.3 is 16.0 Å². The van der Waals surface area contributed by atoms with E-state index < -0.39 is 12.1 Å². The van der Waals surface area contributed by atoms with E-state index in [1.165, 1.54) is 24.3 Å². The van der Waals surface area contributed by atoms with E-state index in [2.05, 4.69) is 103 Å². The van der Waals surface area contributed by atoms with Crippen LogP contribution in [0, 0.1) is 74.9 Å². The molecule has 0 saturated heterocycles. The minimum atomic E-state index is -0.467. The van der Waals surface area contributed by atoms with Gasteiger partial charge in [-0.1, -0.05) is 114 Å². The summed E-state index contributed by atoms with van der Waals surface area (Å²) < 4.78 is 38.1. The van der Waals surface area contributed by atoms with Crippen molar-refractivity contribution in [2.75, 3.05) is 0 Å². The zero-order valence-electron chi connectivity index (χ0n) is 66.8. The SMILES string of the molecule is Cc1nn(C)cc1C#Cc1cccc2cc([C@H](C)NC(=O)c3c(C)nn4cccnc34)c(-c3ccccc3)nc12.Cc1nn2cccnc2c1C(=O)N[C@@H](C)c1cc2cccc(C#Cc3cnn(C)c3)c2nc1-c1ccc(F)cc1.Cc1nn2cccnc2c1C(=O)N[C@@H](C)c1cc2cccc(C#Cc3cnn(C)c3)c2nc1-c1cccc(F)c1. The molecular weight excluding hydrogens is 1510 g/mol. The van der Waals surface area contributed by atoms with Gasteiger partial charge in [-0.25, -0.2) is 52.2 Å². The van der Waals surface area contributed by atoms with Gasteiger partial charge in [0.15, 0.2) is 16.9 Å². The molecule has 0 unspecified atom stereocenters. The molecule has 24 nitrogen and oxygen atoms in total. The molecule has 18 aromatic rings. The Morgan fingerprint density at radius 1 is 0.367 bits per heavy atom. The van der Waals surface area contributed by atoms with Crippen LogP contribution >= 0.6 is 0 Å². The number of nitrogens with zero attached hydrogens (tertiary/aromatic N) is 18. The van der Waals surface area contributed by atoms with Crippen LogP contribution in [0.2, 0.25) is 0 Å². The third kappa shape index (κ3) is 16.4. The van der Waals surface area contributed by atoms with Crippen LogP contribution in [0.5, 0.6) is 0 Å². The van der Waals surface area contributed by atoms with Crippen molar-refractivity contribution >= 4 is 67.4 Å². The van der Waals surface area contributed by atoms with Crippen molar-refractivity contribution < 1.29 is 23.2 Å². The summed E-state index contributed by atoms with van der Waals surface area (Å²) in [6.45, 7) is 13.1. The zero-order valence-corrected chi connectivity index (χ0v) is 66.8. The summed E-state index contributed by atoms with van der Waals surface area (Å²) in [6, 6.07) is 50.1. The Kier molecular flexibility index (Phi) is 21.7. The number of nitrogens with one attached hydrogen (secondary N) is 3. The fourth-order valence-corrected chi connectivity index (χ4v) is 14.4. The van der Waals surface area contributed by atoms with Crippen LogP contribution in [0.15, 0.2) is 238 Å². The molecule has 0 bridgehead atoms. The van der Waals surface area contributed by atoms with Crippen molar-refractivity contribution in [3.8, 4) is 69.3 Å². The molecule has 588 valence electrons. The van der Waals surface area contributed by atoms with Crippen LogP contribution in [-0.2, 0) is 21.1 Å². The van der Waals surface area contributed by atoms with Gasteiger partial charge >= 0.3 is 0 Å². The fraction of sp³-hybridized carbons (Fsp3) is 0.138. The molecule has 0 fully saturated rings.